The molecule has 3 aromatic carbocycles. The Bertz CT molecular complexity index is 1480. The molecular formula is C26H16F2N2O3S. The zero-order valence-corrected chi connectivity index (χ0v) is 18.4. The Morgan fingerprint density at radius 3 is 2.29 bits per heavy atom. The van der Waals surface area contributed by atoms with E-state index >= 15 is 0 Å². The van der Waals surface area contributed by atoms with Crippen molar-refractivity contribution in [2.24, 2.45) is 0 Å². The molecular weight excluding hydrogens is 458 g/mol. The third-order valence-corrected chi connectivity index (χ3v) is 6.23. The lowest BCUT2D eigenvalue weighted by Gasteiger charge is -2.19. The van der Waals surface area contributed by atoms with E-state index in [9.17, 15) is 18.4 Å². The lowest BCUT2D eigenvalue weighted by atomic mass is 10.0. The predicted molar refractivity (Wildman–Crippen MR) is 125 cm³/mol. The number of benzene rings is 3. The number of fused-ring (bicyclic) bond motifs is 1. The van der Waals surface area contributed by atoms with Gasteiger partial charge in [0, 0.05) is 22.8 Å². The van der Waals surface area contributed by atoms with Gasteiger partial charge in [0.1, 0.15) is 17.1 Å². The largest absolute Gasteiger partial charge is 0.467 e. The van der Waals surface area contributed by atoms with Gasteiger partial charge in [-0.2, -0.15) is 0 Å². The highest BCUT2D eigenvalue weighted by molar-refractivity contribution is 7.22. The highest BCUT2D eigenvalue weighted by atomic mass is 32.1. The molecule has 34 heavy (non-hydrogen) atoms. The molecule has 0 saturated carbocycles. The van der Waals surface area contributed by atoms with Gasteiger partial charge in [0.2, 0.25) is 0 Å². The average Bonchev–Trinajstić information content (AvgIpc) is 3.52. The minimum absolute atomic E-state index is 0.0116. The van der Waals surface area contributed by atoms with Gasteiger partial charge in [-0.1, -0.05) is 53.8 Å². The minimum atomic E-state index is -0.799. The van der Waals surface area contributed by atoms with Crippen molar-refractivity contribution in [1.29, 1.82) is 0 Å². The summed E-state index contributed by atoms with van der Waals surface area (Å²) in [5.41, 5.74) is 1.28. The fraction of sp³-hybridized carbons (Fsp3) is 0.0385. The SMILES string of the molecule is O=C(c1ccccc1)c1ccc(C(=O)N(Cc2ccco2)c2nc3c(F)cc(F)cc3s2)cc1. The summed E-state index contributed by atoms with van der Waals surface area (Å²) in [6, 6.07) is 20.5. The van der Waals surface area contributed by atoms with Crippen LogP contribution in [0.2, 0.25) is 0 Å². The van der Waals surface area contributed by atoms with Crippen molar-refractivity contribution >= 4 is 38.4 Å². The van der Waals surface area contributed by atoms with E-state index < -0.39 is 17.5 Å². The first kappa shape index (κ1) is 21.7. The highest BCUT2D eigenvalue weighted by Gasteiger charge is 2.24. The second kappa shape index (κ2) is 8.99. The van der Waals surface area contributed by atoms with Crippen molar-refractivity contribution in [1.82, 2.24) is 4.98 Å². The van der Waals surface area contributed by atoms with E-state index in [2.05, 4.69) is 4.98 Å². The van der Waals surface area contributed by atoms with Gasteiger partial charge in [-0.25, -0.2) is 13.8 Å². The Kier molecular flexibility index (Phi) is 5.73. The van der Waals surface area contributed by atoms with Crippen LogP contribution in [-0.2, 0) is 6.54 Å². The summed E-state index contributed by atoms with van der Waals surface area (Å²) in [6.07, 6.45) is 1.48. The molecule has 0 saturated heterocycles. The molecule has 2 heterocycles. The van der Waals surface area contributed by atoms with Gasteiger partial charge in [0.25, 0.3) is 5.91 Å². The van der Waals surface area contributed by atoms with E-state index in [-0.39, 0.29) is 27.7 Å². The van der Waals surface area contributed by atoms with Gasteiger partial charge in [0.05, 0.1) is 17.5 Å². The van der Waals surface area contributed by atoms with Gasteiger partial charge in [-0.05, 0) is 30.3 Å². The maximum Gasteiger partial charge on any atom is 0.260 e. The number of carbonyl (C=O) groups is 2. The Morgan fingerprint density at radius 1 is 0.882 bits per heavy atom. The monoisotopic (exact) mass is 474 g/mol. The van der Waals surface area contributed by atoms with Crippen LogP contribution >= 0.6 is 11.3 Å². The number of halogens is 2. The molecule has 0 radical (unpaired) electrons. The van der Waals surface area contributed by atoms with Crippen LogP contribution in [0, 0.1) is 11.6 Å². The van der Waals surface area contributed by atoms with Crippen molar-refractivity contribution in [3.8, 4) is 0 Å². The Morgan fingerprint density at radius 2 is 1.59 bits per heavy atom. The lowest BCUT2D eigenvalue weighted by Crippen LogP contribution is -2.30. The first-order chi connectivity index (χ1) is 16.5. The third-order valence-electron chi connectivity index (χ3n) is 5.20. The van der Waals surface area contributed by atoms with E-state index in [0.717, 1.165) is 17.4 Å². The van der Waals surface area contributed by atoms with E-state index in [1.807, 2.05) is 6.07 Å². The fourth-order valence-electron chi connectivity index (χ4n) is 3.52. The number of rotatable bonds is 6. The number of anilines is 1. The summed E-state index contributed by atoms with van der Waals surface area (Å²) in [7, 11) is 0. The second-order valence-corrected chi connectivity index (χ2v) is 8.48. The summed E-state index contributed by atoms with van der Waals surface area (Å²) < 4.78 is 33.6. The first-order valence-corrected chi connectivity index (χ1v) is 11.1. The molecule has 0 fully saturated rings. The maximum absolute atomic E-state index is 14.2. The maximum atomic E-state index is 14.2. The third kappa shape index (κ3) is 4.23. The summed E-state index contributed by atoms with van der Waals surface area (Å²) in [5.74, 6) is -1.60. The van der Waals surface area contributed by atoms with Crippen LogP contribution in [0.25, 0.3) is 10.2 Å². The number of hydrogen-bond donors (Lipinski definition) is 0. The average molecular weight is 474 g/mol. The topological polar surface area (TPSA) is 63.4 Å². The van der Waals surface area contributed by atoms with Crippen LogP contribution in [0.1, 0.15) is 32.0 Å². The molecule has 5 aromatic rings. The normalized spacial score (nSPS) is 11.0. The summed E-state index contributed by atoms with van der Waals surface area (Å²) >= 11 is 1.00. The molecule has 0 aliphatic carbocycles. The zero-order chi connectivity index (χ0) is 23.7. The summed E-state index contributed by atoms with van der Waals surface area (Å²) in [6.45, 7) is 0.0421. The Balaban J connectivity index is 1.49. The Hall–Kier alpha value is -4.17. The van der Waals surface area contributed by atoms with Crippen molar-refractivity contribution in [3.05, 3.63) is 119 Å². The minimum Gasteiger partial charge on any atom is -0.467 e. The molecule has 168 valence electrons. The molecule has 0 N–H and O–H groups in total. The quantitative estimate of drug-likeness (QED) is 0.273. The number of ketones is 1. The molecule has 0 bridgehead atoms. The first-order valence-electron chi connectivity index (χ1n) is 10.3. The number of nitrogens with zero attached hydrogens (tertiary/aromatic N) is 2. The van der Waals surface area contributed by atoms with E-state index in [1.54, 1.807) is 60.7 Å². The van der Waals surface area contributed by atoms with Crippen LogP contribution in [0.3, 0.4) is 0 Å². The van der Waals surface area contributed by atoms with Crippen LogP contribution in [0.15, 0.2) is 89.5 Å². The standard InChI is InChI=1S/C26H16F2N2O3S/c27-19-13-21(28)23-22(14-19)34-26(29-23)30(15-20-7-4-12-33-20)25(32)18-10-8-17(9-11-18)24(31)16-5-2-1-3-6-16/h1-14H,15H2. The van der Waals surface area contributed by atoms with Crippen molar-refractivity contribution < 1.29 is 22.8 Å². The summed E-state index contributed by atoms with van der Waals surface area (Å²) in [5, 5.41) is 0.199. The Labute approximate surface area is 196 Å². The van der Waals surface area contributed by atoms with Gasteiger partial charge in [0.15, 0.2) is 16.7 Å². The molecule has 8 heteroatoms. The van der Waals surface area contributed by atoms with Crippen LogP contribution in [0.4, 0.5) is 13.9 Å². The molecule has 0 spiro atoms. The molecule has 0 aliphatic heterocycles. The molecule has 5 nitrogen and oxygen atoms in total. The van der Waals surface area contributed by atoms with E-state index in [4.69, 9.17) is 4.42 Å². The number of thiazole rings is 1. The van der Waals surface area contributed by atoms with Crippen molar-refractivity contribution in [3.63, 3.8) is 0 Å². The van der Waals surface area contributed by atoms with Gasteiger partial charge in [-0.15, -0.1) is 0 Å². The number of furan rings is 1. The zero-order valence-electron chi connectivity index (χ0n) is 17.6. The highest BCUT2D eigenvalue weighted by Crippen LogP contribution is 2.33. The molecule has 1 amide bonds. The molecule has 2 aromatic heterocycles. The molecule has 0 unspecified atom stereocenters. The molecule has 0 atom stereocenters. The van der Waals surface area contributed by atoms with Crippen molar-refractivity contribution in [2.75, 3.05) is 4.90 Å². The fourth-order valence-corrected chi connectivity index (χ4v) is 4.52. The van der Waals surface area contributed by atoms with Gasteiger partial charge < -0.3 is 4.42 Å². The van der Waals surface area contributed by atoms with Gasteiger partial charge in [-0.3, -0.25) is 14.5 Å². The number of hydrogen-bond acceptors (Lipinski definition) is 5. The molecule has 0 aliphatic rings. The van der Waals surface area contributed by atoms with Crippen molar-refractivity contribution in [2.45, 2.75) is 6.54 Å². The van der Waals surface area contributed by atoms with Crippen LogP contribution in [0.5, 0.6) is 0 Å². The summed E-state index contributed by atoms with van der Waals surface area (Å²) in [4.78, 5) is 31.7. The number of carbonyl (C=O) groups excluding carboxylic acids is 2. The number of aromatic nitrogens is 1. The van der Waals surface area contributed by atoms with E-state index in [1.165, 1.54) is 17.2 Å². The van der Waals surface area contributed by atoms with Crippen LogP contribution < -0.4 is 4.90 Å². The van der Waals surface area contributed by atoms with Gasteiger partial charge >= 0.3 is 0 Å². The predicted octanol–water partition coefficient (Wildman–Crippen LogP) is 6.25. The second-order valence-electron chi connectivity index (χ2n) is 7.47. The van der Waals surface area contributed by atoms with Crippen LogP contribution in [-0.4, -0.2) is 16.7 Å². The lowest BCUT2D eigenvalue weighted by molar-refractivity contribution is 0.0981. The smallest absolute Gasteiger partial charge is 0.260 e. The van der Waals surface area contributed by atoms with E-state index in [0.29, 0.717) is 22.5 Å². The number of amides is 1. The molecule has 5 rings (SSSR count).